The van der Waals surface area contributed by atoms with Gasteiger partial charge in [-0.2, -0.15) is 5.10 Å². The molecule has 0 saturated carbocycles. The third-order valence-electron chi connectivity index (χ3n) is 3.75. The fraction of sp³-hybridized carbons (Fsp3) is 0.500. The molecule has 0 amide bonds. The van der Waals surface area contributed by atoms with E-state index in [2.05, 4.69) is 64.4 Å². The number of aryl methyl sites for hydroxylation is 3. The molecule has 0 saturated heterocycles. The van der Waals surface area contributed by atoms with Gasteiger partial charge in [0, 0.05) is 38.4 Å². The Morgan fingerprint density at radius 3 is 2.00 bits per heavy atom. The summed E-state index contributed by atoms with van der Waals surface area (Å²) in [6.45, 7) is 13.2. The van der Waals surface area contributed by atoms with Crippen LogP contribution in [-0.4, -0.2) is 9.78 Å². The second-order valence-electron chi connectivity index (χ2n) is 5.89. The van der Waals surface area contributed by atoms with Crippen molar-refractivity contribution in [2.75, 3.05) is 0 Å². The van der Waals surface area contributed by atoms with Gasteiger partial charge in [-0.05, 0) is 46.1 Å². The molecule has 0 radical (unpaired) electrons. The van der Waals surface area contributed by atoms with Gasteiger partial charge >= 0.3 is 0 Å². The Morgan fingerprint density at radius 1 is 1.00 bits per heavy atom. The number of hydrogen-bond acceptors (Lipinski definition) is 1. The second-order valence-corrected chi connectivity index (χ2v) is 5.89. The Bertz CT molecular complexity index is 592. The third kappa shape index (κ3) is 3.66. The number of benzene rings is 1. The van der Waals surface area contributed by atoms with E-state index in [1.54, 1.807) is 0 Å². The zero-order chi connectivity index (χ0) is 14.9. The molecule has 118 valence electrons. The maximum absolute atomic E-state index is 4.85. The predicted molar refractivity (Wildman–Crippen MR) is 86.3 cm³/mol. The van der Waals surface area contributed by atoms with Crippen LogP contribution in [-0.2, 0) is 33.9 Å². The largest absolute Gasteiger partial charge is 0.266 e. The minimum Gasteiger partial charge on any atom is -0.266 e. The molecule has 0 spiro atoms. The predicted octanol–water partition coefficient (Wildman–Crippen LogP) is 4.87. The van der Waals surface area contributed by atoms with Gasteiger partial charge < -0.3 is 0 Å². The summed E-state index contributed by atoms with van der Waals surface area (Å²) in [7, 11) is 0. The van der Waals surface area contributed by atoms with Crippen LogP contribution in [0.1, 0.15) is 56.3 Å². The molecule has 1 aromatic carbocycles. The Balaban J connectivity index is 0.00000220. The molecule has 0 aliphatic heterocycles. The number of aromatic nitrogens is 2. The minimum atomic E-state index is 0. The summed E-state index contributed by atoms with van der Waals surface area (Å²) < 4.78 is 2.20. The maximum Gasteiger partial charge on any atom is 0.0703 e. The van der Waals surface area contributed by atoms with Gasteiger partial charge in [-0.15, -0.1) is 0 Å². The normalized spacial score (nSPS) is 10.8. The summed E-state index contributed by atoms with van der Waals surface area (Å²) in [6.07, 6.45) is 2.00. The molecule has 2 aromatic rings. The van der Waals surface area contributed by atoms with E-state index < -0.39 is 0 Å². The van der Waals surface area contributed by atoms with Crippen molar-refractivity contribution in [3.8, 4) is 11.1 Å². The molecule has 0 atom stereocenters. The monoisotopic (exact) mass is 465 g/mol. The molecule has 2 rings (SSSR count). The Morgan fingerprint density at radius 2 is 1.57 bits per heavy atom. The van der Waals surface area contributed by atoms with Crippen molar-refractivity contribution in [2.24, 2.45) is 0 Å². The van der Waals surface area contributed by atoms with Crippen LogP contribution in [0, 0.1) is 13.8 Å². The molecule has 1 heterocycles. The zero-order valence-corrected chi connectivity index (χ0v) is 16.2. The molecule has 1 aromatic heterocycles. The zero-order valence-electron chi connectivity index (χ0n) is 13.9. The Hall–Kier alpha value is -0.882. The summed E-state index contributed by atoms with van der Waals surface area (Å²) in [5.41, 5.74) is 7.91. The van der Waals surface area contributed by atoms with Crippen LogP contribution >= 0.6 is 0 Å². The summed E-state index contributed by atoms with van der Waals surface area (Å²) in [5, 5.41) is 4.85. The number of hydrogen-bond donors (Lipinski definition) is 0. The van der Waals surface area contributed by atoms with Gasteiger partial charge in [0.2, 0.25) is 0 Å². The van der Waals surface area contributed by atoms with E-state index in [-0.39, 0.29) is 21.1 Å². The first-order valence-electron chi connectivity index (χ1n) is 7.66. The fourth-order valence-corrected chi connectivity index (χ4v) is 2.99. The third-order valence-corrected chi connectivity index (χ3v) is 3.75. The fourth-order valence-electron chi connectivity index (χ4n) is 2.99. The first-order valence-corrected chi connectivity index (χ1v) is 7.66. The molecule has 3 heteroatoms. The standard InChI is InChI=1S/C18H26N2.Pt/c1-7-16-18(15-10-13(5)9-14(6)11-15)17(8-2)20(19-16)12(3)4;/h9-12H,7-8H2,1-6H3;. The molecule has 2 nitrogen and oxygen atoms in total. The Kier molecular flexibility index (Phi) is 6.40. The SMILES string of the molecule is CCc1nn(C(C)C)c(CC)c1-c1cc(C)cc(C)c1.[Pt]. The molecule has 0 bridgehead atoms. The topological polar surface area (TPSA) is 17.8 Å². The average Bonchev–Trinajstić information content (AvgIpc) is 2.76. The van der Waals surface area contributed by atoms with Crippen LogP contribution in [0.5, 0.6) is 0 Å². The van der Waals surface area contributed by atoms with Crippen molar-refractivity contribution in [1.82, 2.24) is 9.78 Å². The molecule has 0 N–H and O–H groups in total. The summed E-state index contributed by atoms with van der Waals surface area (Å²) >= 11 is 0. The van der Waals surface area contributed by atoms with Crippen molar-refractivity contribution in [1.29, 1.82) is 0 Å². The molecule has 0 unspecified atom stereocenters. The van der Waals surface area contributed by atoms with Crippen molar-refractivity contribution in [3.05, 3.63) is 40.7 Å². The first kappa shape index (κ1) is 18.2. The number of rotatable bonds is 4. The smallest absolute Gasteiger partial charge is 0.0703 e. The molecule has 0 fully saturated rings. The number of nitrogens with zero attached hydrogens (tertiary/aromatic N) is 2. The van der Waals surface area contributed by atoms with Gasteiger partial charge in [0.15, 0.2) is 0 Å². The van der Waals surface area contributed by atoms with Gasteiger partial charge in [-0.1, -0.05) is 43.2 Å². The van der Waals surface area contributed by atoms with E-state index >= 15 is 0 Å². The molecule has 21 heavy (non-hydrogen) atoms. The van der Waals surface area contributed by atoms with Crippen LogP contribution < -0.4 is 0 Å². The van der Waals surface area contributed by atoms with Crippen molar-refractivity contribution < 1.29 is 21.1 Å². The van der Waals surface area contributed by atoms with Crippen LogP contribution in [0.2, 0.25) is 0 Å². The van der Waals surface area contributed by atoms with E-state index in [0.717, 1.165) is 12.8 Å². The van der Waals surface area contributed by atoms with Crippen molar-refractivity contribution in [3.63, 3.8) is 0 Å². The van der Waals surface area contributed by atoms with E-state index in [4.69, 9.17) is 5.10 Å². The maximum atomic E-state index is 4.85. The first-order chi connectivity index (χ1) is 9.47. The molecular weight excluding hydrogens is 439 g/mol. The average molecular weight is 465 g/mol. The Labute approximate surface area is 143 Å². The molecule has 0 aliphatic carbocycles. The van der Waals surface area contributed by atoms with Crippen LogP contribution in [0.25, 0.3) is 11.1 Å². The second kappa shape index (κ2) is 7.40. The van der Waals surface area contributed by atoms with E-state index in [1.807, 2.05) is 0 Å². The van der Waals surface area contributed by atoms with Crippen molar-refractivity contribution in [2.45, 2.75) is 60.4 Å². The van der Waals surface area contributed by atoms with Crippen LogP contribution in [0.15, 0.2) is 18.2 Å². The minimum absolute atomic E-state index is 0. The van der Waals surface area contributed by atoms with E-state index in [0.29, 0.717) is 6.04 Å². The van der Waals surface area contributed by atoms with Crippen LogP contribution in [0.3, 0.4) is 0 Å². The van der Waals surface area contributed by atoms with Gasteiger partial charge in [0.1, 0.15) is 0 Å². The van der Waals surface area contributed by atoms with Gasteiger partial charge in [0.25, 0.3) is 0 Å². The van der Waals surface area contributed by atoms with Crippen molar-refractivity contribution >= 4 is 0 Å². The summed E-state index contributed by atoms with van der Waals surface area (Å²) in [6, 6.07) is 7.21. The summed E-state index contributed by atoms with van der Waals surface area (Å²) in [5.74, 6) is 0. The van der Waals surface area contributed by atoms with Gasteiger partial charge in [0.05, 0.1) is 5.69 Å². The molecule has 0 aliphatic rings. The summed E-state index contributed by atoms with van der Waals surface area (Å²) in [4.78, 5) is 0. The van der Waals surface area contributed by atoms with E-state index in [9.17, 15) is 0 Å². The van der Waals surface area contributed by atoms with Gasteiger partial charge in [-0.3, -0.25) is 4.68 Å². The van der Waals surface area contributed by atoms with E-state index in [1.165, 1.54) is 33.6 Å². The van der Waals surface area contributed by atoms with Gasteiger partial charge in [-0.25, -0.2) is 0 Å². The quantitative estimate of drug-likeness (QED) is 0.630. The molecular formula is C18H26N2Pt. The van der Waals surface area contributed by atoms with Crippen LogP contribution in [0.4, 0.5) is 0 Å².